The molecule has 220 valence electrons. The second kappa shape index (κ2) is 11.6. The summed E-state index contributed by atoms with van der Waals surface area (Å²) in [6.07, 6.45) is 0. The van der Waals surface area contributed by atoms with Crippen LogP contribution in [0.1, 0.15) is 0 Å². The Balaban J connectivity index is 1.37. The van der Waals surface area contributed by atoms with Crippen molar-refractivity contribution in [1.29, 1.82) is 0 Å². The van der Waals surface area contributed by atoms with Crippen molar-refractivity contribution in [3.63, 3.8) is 0 Å². The van der Waals surface area contributed by atoms with Gasteiger partial charge >= 0.3 is 7.44 Å². The minimum Gasteiger partial charge on any atom is -0.270 e. The number of hydrogen-bond donors (Lipinski definition) is 0. The third-order valence-corrected chi connectivity index (χ3v) is 11.0. The minimum absolute atomic E-state index is 0.538. The molecule has 0 fully saturated rings. The second-order valence-corrected chi connectivity index (χ2v) is 13.3. The lowest BCUT2D eigenvalue weighted by molar-refractivity contribution is 0.582. The average molecular weight is 614 g/mol. The smallest absolute Gasteiger partial charge is 0.270 e. The van der Waals surface area contributed by atoms with Crippen molar-refractivity contribution in [3.05, 3.63) is 170 Å². The highest BCUT2D eigenvalue weighted by atomic mass is 31.2. The summed E-state index contributed by atoms with van der Waals surface area (Å²) in [7, 11) is -3.48. The van der Waals surface area contributed by atoms with Gasteiger partial charge in [-0.1, -0.05) is 115 Å². The van der Waals surface area contributed by atoms with Gasteiger partial charge in [-0.3, -0.25) is 13.9 Å². The minimum atomic E-state index is -3.48. The van der Waals surface area contributed by atoms with Gasteiger partial charge in [-0.2, -0.15) is 0 Å². The van der Waals surface area contributed by atoms with E-state index >= 15 is 4.57 Å². The van der Waals surface area contributed by atoms with E-state index in [-0.39, 0.29) is 0 Å². The molecule has 46 heavy (non-hydrogen) atoms. The summed E-state index contributed by atoms with van der Waals surface area (Å²) in [4.78, 5) is 14.8. The van der Waals surface area contributed by atoms with Gasteiger partial charge in [0.1, 0.15) is 0 Å². The normalized spacial score (nSPS) is 15.5. The standard InChI is InChI=1S/C39H28N5OP/c45-46(34-24-14-5-15-25-34)43(32-20-10-3-11-21-32)35-27-26-31(28-36(35)44(46)33-22-12-4-13-23-33)39-41-37(29-16-6-1-7-17-29)40-38(42-39)30-18-8-2-9-19-30/h1-28H. The van der Waals surface area contributed by atoms with Crippen molar-refractivity contribution >= 4 is 35.5 Å². The molecule has 0 saturated heterocycles. The van der Waals surface area contributed by atoms with Crippen LogP contribution in [0.5, 0.6) is 0 Å². The molecule has 2 heterocycles. The number of anilines is 4. The Morgan fingerprint density at radius 2 is 0.783 bits per heavy atom. The Morgan fingerprint density at radius 3 is 1.26 bits per heavy atom. The SMILES string of the molecule is O=P1(c2ccccc2)N(c2ccccc2)c2ccc(-c3nc(-c4ccccc4)nc(-c4ccccc4)n3)cc2N1c1ccccc1. The molecule has 0 N–H and O–H groups in total. The maximum Gasteiger partial charge on any atom is 0.301 e. The van der Waals surface area contributed by atoms with Crippen molar-refractivity contribution in [3.8, 4) is 34.2 Å². The zero-order valence-electron chi connectivity index (χ0n) is 24.8. The first-order valence-corrected chi connectivity index (χ1v) is 16.7. The molecule has 1 unspecified atom stereocenters. The fourth-order valence-corrected chi connectivity index (χ4v) is 8.92. The lowest BCUT2D eigenvalue weighted by atomic mass is 10.1. The summed E-state index contributed by atoms with van der Waals surface area (Å²) in [5.41, 5.74) is 5.93. The largest absolute Gasteiger partial charge is 0.301 e. The highest BCUT2D eigenvalue weighted by molar-refractivity contribution is 7.76. The van der Waals surface area contributed by atoms with Gasteiger partial charge in [0.15, 0.2) is 17.5 Å². The van der Waals surface area contributed by atoms with Crippen LogP contribution in [0.25, 0.3) is 34.2 Å². The molecule has 0 aliphatic carbocycles. The molecule has 0 amide bonds. The van der Waals surface area contributed by atoms with Crippen LogP contribution in [0.3, 0.4) is 0 Å². The fraction of sp³-hybridized carbons (Fsp3) is 0. The Morgan fingerprint density at radius 1 is 0.391 bits per heavy atom. The zero-order valence-corrected chi connectivity index (χ0v) is 25.7. The third kappa shape index (κ3) is 4.76. The van der Waals surface area contributed by atoms with Gasteiger partial charge < -0.3 is 0 Å². The highest BCUT2D eigenvalue weighted by Crippen LogP contribution is 2.70. The Bertz CT molecular complexity index is 2120. The van der Waals surface area contributed by atoms with Crippen LogP contribution in [0, 0.1) is 0 Å². The van der Waals surface area contributed by atoms with Gasteiger partial charge in [-0.15, -0.1) is 0 Å². The zero-order chi connectivity index (χ0) is 30.9. The van der Waals surface area contributed by atoms with Crippen molar-refractivity contribution in [2.45, 2.75) is 0 Å². The summed E-state index contributed by atoms with van der Waals surface area (Å²) < 4.78 is 19.9. The topological polar surface area (TPSA) is 62.2 Å². The molecule has 0 spiro atoms. The van der Waals surface area contributed by atoms with Crippen molar-refractivity contribution in [2.75, 3.05) is 9.34 Å². The van der Waals surface area contributed by atoms with Crippen LogP contribution in [0.2, 0.25) is 0 Å². The molecule has 7 aromatic rings. The first-order chi connectivity index (χ1) is 22.7. The van der Waals surface area contributed by atoms with Crippen LogP contribution in [-0.4, -0.2) is 15.0 Å². The van der Waals surface area contributed by atoms with Crippen molar-refractivity contribution in [2.24, 2.45) is 0 Å². The summed E-state index contributed by atoms with van der Waals surface area (Å²) >= 11 is 0. The molecule has 0 radical (unpaired) electrons. The Labute approximate surface area is 267 Å². The van der Waals surface area contributed by atoms with E-state index in [1.807, 2.05) is 173 Å². The summed E-state index contributed by atoms with van der Waals surface area (Å²) in [5, 5.41) is 0.735. The predicted octanol–water partition coefficient (Wildman–Crippen LogP) is 9.68. The summed E-state index contributed by atoms with van der Waals surface area (Å²) in [6, 6.07) is 55.6. The van der Waals surface area contributed by atoms with E-state index in [1.54, 1.807) is 0 Å². The van der Waals surface area contributed by atoms with Gasteiger partial charge in [-0.05, 0) is 54.6 Å². The molecule has 1 atom stereocenters. The number of aromatic nitrogens is 3. The molecule has 0 bridgehead atoms. The first kappa shape index (κ1) is 27.7. The van der Waals surface area contributed by atoms with Gasteiger partial charge in [0.2, 0.25) is 0 Å². The van der Waals surface area contributed by atoms with Crippen LogP contribution in [0.15, 0.2) is 170 Å². The van der Waals surface area contributed by atoms with E-state index in [0.717, 1.165) is 44.7 Å². The molecule has 6 nitrogen and oxygen atoms in total. The van der Waals surface area contributed by atoms with Gasteiger partial charge in [0.05, 0.1) is 16.7 Å². The molecular weight excluding hydrogens is 585 g/mol. The molecule has 7 heteroatoms. The molecule has 8 rings (SSSR count). The van der Waals surface area contributed by atoms with Crippen LogP contribution >= 0.6 is 7.44 Å². The molecular formula is C39H28N5OP. The third-order valence-electron chi connectivity index (χ3n) is 8.03. The number of nitrogens with zero attached hydrogens (tertiary/aromatic N) is 5. The maximum atomic E-state index is 15.9. The number of rotatable bonds is 6. The van der Waals surface area contributed by atoms with E-state index in [4.69, 9.17) is 15.0 Å². The van der Waals surface area contributed by atoms with E-state index in [0.29, 0.717) is 17.5 Å². The molecule has 1 aromatic heterocycles. The molecule has 0 saturated carbocycles. The van der Waals surface area contributed by atoms with Crippen LogP contribution in [0.4, 0.5) is 22.7 Å². The number of hydrogen-bond acceptors (Lipinski definition) is 4. The summed E-state index contributed by atoms with van der Waals surface area (Å²) in [5.74, 6) is 1.72. The first-order valence-electron chi connectivity index (χ1n) is 15.1. The Hall–Kier alpha value is -5.84. The average Bonchev–Trinajstić information content (AvgIpc) is 3.41. The van der Waals surface area contributed by atoms with E-state index in [2.05, 4.69) is 6.07 Å². The fourth-order valence-electron chi connectivity index (χ4n) is 5.91. The summed E-state index contributed by atoms with van der Waals surface area (Å²) in [6.45, 7) is 0. The highest BCUT2D eigenvalue weighted by Gasteiger charge is 2.49. The number of fused-ring (bicyclic) bond motifs is 1. The number of para-hydroxylation sites is 2. The van der Waals surface area contributed by atoms with Crippen LogP contribution < -0.4 is 14.6 Å². The van der Waals surface area contributed by atoms with E-state index < -0.39 is 7.44 Å². The van der Waals surface area contributed by atoms with Crippen molar-refractivity contribution in [1.82, 2.24) is 15.0 Å². The van der Waals surface area contributed by atoms with Crippen molar-refractivity contribution < 1.29 is 4.57 Å². The predicted molar refractivity (Wildman–Crippen MR) is 187 cm³/mol. The maximum absolute atomic E-state index is 15.9. The lowest BCUT2D eigenvalue weighted by Gasteiger charge is -2.33. The van der Waals surface area contributed by atoms with Gasteiger partial charge in [0.25, 0.3) is 0 Å². The van der Waals surface area contributed by atoms with E-state index in [9.17, 15) is 0 Å². The van der Waals surface area contributed by atoms with E-state index in [1.165, 1.54) is 0 Å². The quantitative estimate of drug-likeness (QED) is 0.174. The van der Waals surface area contributed by atoms with Gasteiger partial charge in [0, 0.05) is 28.1 Å². The van der Waals surface area contributed by atoms with Crippen LogP contribution in [-0.2, 0) is 4.57 Å². The molecule has 1 aliphatic heterocycles. The number of benzene rings is 6. The molecule has 6 aromatic carbocycles. The molecule has 1 aliphatic rings. The lowest BCUT2D eigenvalue weighted by Crippen LogP contribution is -2.26. The van der Waals surface area contributed by atoms with Gasteiger partial charge in [-0.25, -0.2) is 15.0 Å². The Kier molecular flexibility index (Phi) is 6.97. The monoisotopic (exact) mass is 613 g/mol. The second-order valence-electron chi connectivity index (χ2n) is 10.9.